The molecule has 1 aromatic carbocycles. The maximum absolute atomic E-state index is 12.6. The lowest BCUT2D eigenvalue weighted by Gasteiger charge is -2.31. The molecule has 0 bridgehead atoms. The van der Waals surface area contributed by atoms with Crippen molar-refractivity contribution in [3.8, 4) is 0 Å². The van der Waals surface area contributed by atoms with Crippen LogP contribution in [0.15, 0.2) is 29.3 Å². The molecule has 2 heterocycles. The van der Waals surface area contributed by atoms with Crippen LogP contribution in [0, 0.1) is 0 Å². The summed E-state index contributed by atoms with van der Waals surface area (Å²) in [5.74, 6) is 0.854. The van der Waals surface area contributed by atoms with Gasteiger partial charge < -0.3 is 20.7 Å². The van der Waals surface area contributed by atoms with Crippen molar-refractivity contribution < 1.29 is 14.3 Å². The molecule has 28 heavy (non-hydrogen) atoms. The topological polar surface area (TPSA) is 97.0 Å². The molecule has 0 radical (unpaired) electrons. The monoisotopic (exact) mass is 404 g/mol. The van der Waals surface area contributed by atoms with Gasteiger partial charge in [-0.2, -0.15) is 0 Å². The fraction of sp³-hybridized carbons (Fsp3) is 0.550. The first kappa shape index (κ1) is 20.5. The third kappa shape index (κ3) is 4.79. The number of nitrogens with two attached hydrogens (primary N) is 1. The molecule has 152 valence electrons. The van der Waals surface area contributed by atoms with Crippen LogP contribution >= 0.6 is 11.8 Å². The molecule has 0 aromatic heterocycles. The Kier molecular flexibility index (Phi) is 6.49. The Hall–Kier alpha value is -2.22. The van der Waals surface area contributed by atoms with Crippen molar-refractivity contribution in [2.24, 2.45) is 10.7 Å². The molecule has 3 N–H and O–H groups in total. The third-order valence-corrected chi connectivity index (χ3v) is 6.12. The molecule has 1 saturated heterocycles. The van der Waals surface area contributed by atoms with Gasteiger partial charge in [-0.05, 0) is 50.8 Å². The molecule has 1 unspecified atom stereocenters. The molecule has 1 atom stereocenters. The zero-order chi connectivity index (χ0) is 20.1. The van der Waals surface area contributed by atoms with Crippen LogP contribution in [-0.4, -0.2) is 53.6 Å². The van der Waals surface area contributed by atoms with E-state index in [-0.39, 0.29) is 23.6 Å². The Bertz CT molecular complexity index is 744. The highest BCUT2D eigenvalue weighted by Gasteiger charge is 2.30. The summed E-state index contributed by atoms with van der Waals surface area (Å²) in [5.41, 5.74) is 7.25. The van der Waals surface area contributed by atoms with Crippen LogP contribution in [0.2, 0.25) is 0 Å². The smallest absolute Gasteiger partial charge is 0.409 e. The van der Waals surface area contributed by atoms with Gasteiger partial charge in [0, 0.05) is 30.4 Å². The van der Waals surface area contributed by atoms with E-state index in [1.165, 1.54) is 0 Å². The maximum atomic E-state index is 12.6. The van der Waals surface area contributed by atoms with Crippen molar-refractivity contribution in [3.63, 3.8) is 0 Å². The lowest BCUT2D eigenvalue weighted by Crippen LogP contribution is -2.46. The predicted molar refractivity (Wildman–Crippen MR) is 112 cm³/mol. The Morgan fingerprint density at radius 2 is 2.00 bits per heavy atom. The van der Waals surface area contributed by atoms with Crippen molar-refractivity contribution in [3.05, 3.63) is 35.4 Å². The number of hydrogen-bond donors (Lipinski definition) is 2. The normalized spacial score (nSPS) is 23.1. The molecule has 8 heteroatoms. The van der Waals surface area contributed by atoms with Crippen LogP contribution in [0.1, 0.15) is 49.0 Å². The number of carbonyl (C=O) groups excluding carboxylic acids is 2. The molecule has 2 amide bonds. The zero-order valence-electron chi connectivity index (χ0n) is 16.4. The minimum Gasteiger partial charge on any atom is -0.450 e. The molecule has 7 nitrogen and oxygen atoms in total. The van der Waals surface area contributed by atoms with Crippen molar-refractivity contribution in [1.29, 1.82) is 0 Å². The number of rotatable bonds is 4. The molecule has 1 aromatic rings. The van der Waals surface area contributed by atoms with E-state index in [4.69, 9.17) is 10.5 Å². The number of amidine groups is 1. The van der Waals surface area contributed by atoms with E-state index in [9.17, 15) is 9.59 Å². The van der Waals surface area contributed by atoms with Crippen LogP contribution in [0.4, 0.5) is 4.79 Å². The number of carbonyl (C=O) groups is 2. The summed E-state index contributed by atoms with van der Waals surface area (Å²) in [6, 6.07) is 7.68. The van der Waals surface area contributed by atoms with Gasteiger partial charge in [-0.25, -0.2) is 4.79 Å². The number of nitrogens with one attached hydrogen (secondary N) is 1. The van der Waals surface area contributed by atoms with Gasteiger partial charge in [-0.15, -0.1) is 0 Å². The average Bonchev–Trinajstić information content (AvgIpc) is 2.68. The largest absolute Gasteiger partial charge is 0.450 e. The van der Waals surface area contributed by atoms with E-state index in [0.717, 1.165) is 30.6 Å². The van der Waals surface area contributed by atoms with Crippen molar-refractivity contribution >= 4 is 28.9 Å². The summed E-state index contributed by atoms with van der Waals surface area (Å²) >= 11 is 1.58. The molecule has 0 aliphatic carbocycles. The Morgan fingerprint density at radius 3 is 2.61 bits per heavy atom. The first-order chi connectivity index (χ1) is 13.4. The molecule has 1 fully saturated rings. The van der Waals surface area contributed by atoms with E-state index >= 15 is 0 Å². The molecular weight excluding hydrogens is 376 g/mol. The van der Waals surface area contributed by atoms with Crippen LogP contribution in [-0.2, 0) is 10.3 Å². The van der Waals surface area contributed by atoms with Crippen molar-refractivity contribution in [1.82, 2.24) is 10.2 Å². The van der Waals surface area contributed by atoms with Gasteiger partial charge in [0.15, 0.2) is 5.17 Å². The Balaban J connectivity index is 1.56. The van der Waals surface area contributed by atoms with Crippen LogP contribution in [0.25, 0.3) is 0 Å². The second kappa shape index (κ2) is 8.86. The molecule has 2 aliphatic rings. The highest BCUT2D eigenvalue weighted by atomic mass is 32.2. The minimum absolute atomic E-state index is 0.0649. The quantitative estimate of drug-likeness (QED) is 0.804. The fourth-order valence-electron chi connectivity index (χ4n) is 3.57. The van der Waals surface area contributed by atoms with Gasteiger partial charge in [0.25, 0.3) is 5.91 Å². The Morgan fingerprint density at radius 1 is 1.32 bits per heavy atom. The lowest BCUT2D eigenvalue weighted by molar-refractivity contribution is 0.0860. The summed E-state index contributed by atoms with van der Waals surface area (Å²) < 4.78 is 5.02. The average molecular weight is 405 g/mol. The number of benzene rings is 1. The highest BCUT2D eigenvalue weighted by molar-refractivity contribution is 8.13. The number of likely N-dealkylation sites (tertiary alicyclic amines) is 1. The van der Waals surface area contributed by atoms with Crippen LogP contribution in [0.5, 0.6) is 0 Å². The standard InChI is InChI=1S/C20H28N4O3S/c1-3-27-19(26)24-11-8-16(9-12-24)22-17(25)14-4-6-15(7-5-14)20(2)10-13-28-18(21)23-20/h4-7,16H,3,8-13H2,1-2H3,(H2,21,23)(H,22,25). The number of nitrogens with zero attached hydrogens (tertiary/aromatic N) is 2. The second-order valence-corrected chi connectivity index (χ2v) is 8.45. The van der Waals surface area contributed by atoms with E-state index in [2.05, 4.69) is 17.2 Å². The number of hydrogen-bond acceptors (Lipinski definition) is 6. The van der Waals surface area contributed by atoms with E-state index in [0.29, 0.717) is 30.4 Å². The Labute approximate surface area is 170 Å². The number of piperidine rings is 1. The van der Waals surface area contributed by atoms with Crippen LogP contribution < -0.4 is 11.1 Å². The lowest BCUT2D eigenvalue weighted by atomic mass is 9.89. The number of ether oxygens (including phenoxy) is 1. The molecule has 3 rings (SSSR count). The number of thioether (sulfide) groups is 1. The van der Waals surface area contributed by atoms with E-state index < -0.39 is 0 Å². The van der Waals surface area contributed by atoms with Crippen molar-refractivity contribution in [2.75, 3.05) is 25.4 Å². The summed E-state index contributed by atoms with van der Waals surface area (Å²) in [4.78, 5) is 30.6. The SMILES string of the molecule is CCOC(=O)N1CCC(NC(=O)c2ccc(C3(C)CCSC(N)=N3)cc2)CC1. The molecule has 2 aliphatic heterocycles. The maximum Gasteiger partial charge on any atom is 0.409 e. The van der Waals surface area contributed by atoms with Gasteiger partial charge in [-0.1, -0.05) is 23.9 Å². The van der Waals surface area contributed by atoms with Gasteiger partial charge in [-0.3, -0.25) is 9.79 Å². The van der Waals surface area contributed by atoms with E-state index in [1.54, 1.807) is 23.6 Å². The van der Waals surface area contributed by atoms with Crippen molar-refractivity contribution in [2.45, 2.75) is 44.7 Å². The summed E-state index contributed by atoms with van der Waals surface area (Å²) in [6.45, 7) is 5.44. The molecule has 0 saturated carbocycles. The van der Waals surface area contributed by atoms with Gasteiger partial charge in [0.1, 0.15) is 0 Å². The zero-order valence-corrected chi connectivity index (χ0v) is 17.3. The molecular formula is C20H28N4O3S. The summed E-state index contributed by atoms with van der Waals surface area (Å²) in [6.07, 6.45) is 2.10. The highest BCUT2D eigenvalue weighted by Crippen LogP contribution is 2.34. The third-order valence-electron chi connectivity index (χ3n) is 5.32. The minimum atomic E-state index is -0.329. The fourth-order valence-corrected chi connectivity index (χ4v) is 4.54. The first-order valence-corrected chi connectivity index (χ1v) is 10.7. The summed E-state index contributed by atoms with van der Waals surface area (Å²) in [7, 11) is 0. The number of aliphatic imine (C=N–C) groups is 1. The van der Waals surface area contributed by atoms with Gasteiger partial charge in [0.05, 0.1) is 12.1 Å². The van der Waals surface area contributed by atoms with Gasteiger partial charge in [0.2, 0.25) is 0 Å². The predicted octanol–water partition coefficient (Wildman–Crippen LogP) is 2.70. The molecule has 0 spiro atoms. The summed E-state index contributed by atoms with van der Waals surface area (Å²) in [5, 5.41) is 3.69. The first-order valence-electron chi connectivity index (χ1n) is 9.72. The number of amides is 2. The van der Waals surface area contributed by atoms with Crippen LogP contribution in [0.3, 0.4) is 0 Å². The second-order valence-electron chi connectivity index (χ2n) is 7.33. The van der Waals surface area contributed by atoms with Gasteiger partial charge >= 0.3 is 6.09 Å². The van der Waals surface area contributed by atoms with E-state index in [1.807, 2.05) is 24.3 Å².